The largest absolute Gasteiger partial charge is 0.369 e. The Morgan fingerprint density at radius 3 is 2.39 bits per heavy atom. The number of likely N-dealkylation sites (N-methyl/N-ethyl adjacent to an activating group) is 1. The molecule has 0 bridgehead atoms. The lowest BCUT2D eigenvalue weighted by atomic mass is 10.2. The van der Waals surface area contributed by atoms with Crippen molar-refractivity contribution in [2.24, 2.45) is 4.36 Å². The Hall–Kier alpha value is -3.77. The van der Waals surface area contributed by atoms with Gasteiger partial charge in [-0.25, -0.2) is 14.2 Å². The van der Waals surface area contributed by atoms with Crippen molar-refractivity contribution in [3.63, 3.8) is 0 Å². The van der Waals surface area contributed by atoms with Crippen molar-refractivity contribution in [3.8, 4) is 0 Å². The van der Waals surface area contributed by atoms with Crippen molar-refractivity contribution in [1.29, 1.82) is 0 Å². The molecular formula is C26H37N9O2S. The van der Waals surface area contributed by atoms with E-state index in [2.05, 4.69) is 64.2 Å². The number of nitrogens with one attached hydrogen (secondary N) is 3. The van der Waals surface area contributed by atoms with Crippen LogP contribution in [-0.4, -0.2) is 81.7 Å². The van der Waals surface area contributed by atoms with Crippen LogP contribution in [0.3, 0.4) is 0 Å². The third-order valence-electron chi connectivity index (χ3n) is 5.74. The predicted molar refractivity (Wildman–Crippen MR) is 156 cm³/mol. The van der Waals surface area contributed by atoms with Crippen LogP contribution >= 0.6 is 0 Å². The summed E-state index contributed by atoms with van der Waals surface area (Å²) in [6, 6.07) is 13.2. The normalized spacial score (nSPS) is 14.3. The lowest BCUT2D eigenvalue weighted by Crippen LogP contribution is -2.44. The molecule has 1 aromatic carbocycles. The predicted octanol–water partition coefficient (Wildman–Crippen LogP) is 3.85. The van der Waals surface area contributed by atoms with Crippen LogP contribution in [-0.2, 0) is 9.73 Å². The number of benzene rings is 1. The molecule has 0 spiro atoms. The second-order valence-corrected chi connectivity index (χ2v) is 12.4. The monoisotopic (exact) mass is 539 g/mol. The highest BCUT2D eigenvalue weighted by Gasteiger charge is 2.18. The Morgan fingerprint density at radius 1 is 1.03 bits per heavy atom. The molecule has 0 aliphatic carbocycles. The third kappa shape index (κ3) is 7.62. The fourth-order valence-corrected chi connectivity index (χ4v) is 4.44. The van der Waals surface area contributed by atoms with Gasteiger partial charge >= 0.3 is 0 Å². The van der Waals surface area contributed by atoms with Gasteiger partial charge in [0.1, 0.15) is 17.2 Å². The Balaban J connectivity index is 0.00000420. The van der Waals surface area contributed by atoms with Gasteiger partial charge in [0.25, 0.3) is 5.91 Å². The number of pyridine rings is 1. The number of nitrogens with zero attached hydrogens (tertiary/aromatic N) is 6. The van der Waals surface area contributed by atoms with Crippen LogP contribution in [0, 0.1) is 0 Å². The molecule has 3 heterocycles. The molecule has 1 aliphatic heterocycles. The van der Waals surface area contributed by atoms with E-state index in [1.54, 1.807) is 30.7 Å². The molecule has 1 saturated heterocycles. The molecule has 0 radical (unpaired) electrons. The summed E-state index contributed by atoms with van der Waals surface area (Å²) in [4.78, 5) is 30.9. The van der Waals surface area contributed by atoms with Gasteiger partial charge in [0.15, 0.2) is 5.82 Å². The van der Waals surface area contributed by atoms with Gasteiger partial charge in [-0.15, -0.1) is 0 Å². The summed E-state index contributed by atoms with van der Waals surface area (Å²) < 4.78 is 16.3. The first-order valence-corrected chi connectivity index (χ1v) is 14.8. The number of carbonyl (C=O) groups is 1. The van der Waals surface area contributed by atoms with Crippen LogP contribution in [0.2, 0.25) is 0 Å². The second kappa shape index (κ2) is 11.7. The topological polar surface area (TPSA) is 128 Å². The van der Waals surface area contributed by atoms with Gasteiger partial charge in [0.2, 0.25) is 5.95 Å². The quantitative estimate of drug-likeness (QED) is 0.391. The molecule has 2 aromatic heterocycles. The summed E-state index contributed by atoms with van der Waals surface area (Å²) in [6.07, 6.45) is 4.57. The molecule has 12 heteroatoms. The summed E-state index contributed by atoms with van der Waals surface area (Å²) in [5.74, 6) is 1.04. The zero-order chi connectivity index (χ0) is 27.3. The first-order chi connectivity index (χ1) is 18.1. The zero-order valence-corrected chi connectivity index (χ0v) is 23.2. The number of hydrogen-bond acceptors (Lipinski definition) is 10. The summed E-state index contributed by atoms with van der Waals surface area (Å²) in [5, 5.41) is 9.20. The number of anilines is 5. The summed E-state index contributed by atoms with van der Waals surface area (Å²) >= 11 is 0. The van der Waals surface area contributed by atoms with Gasteiger partial charge in [-0.05, 0) is 57.3 Å². The Kier molecular flexibility index (Phi) is 8.42. The molecule has 38 heavy (non-hydrogen) atoms. The standard InChI is InChI=1S/C26H35N9O2S.H2/c1-18(2)28-25(36)21-17-27-26(29-19-9-11-20(12-10-19)35-15-13-34(3)14-16-35)32-24(21)31-22-7-6-8-23(30-22)33-38(4,5)37;/h6-12,17-18H,13-16H2,1-5H3,(H,28,36)(H2,27,29,30,31,32);1H. The second-order valence-electron chi connectivity index (χ2n) is 9.82. The highest BCUT2D eigenvalue weighted by Crippen LogP contribution is 2.24. The van der Waals surface area contributed by atoms with Crippen molar-refractivity contribution in [2.75, 3.05) is 61.3 Å². The van der Waals surface area contributed by atoms with E-state index in [1.165, 1.54) is 11.9 Å². The van der Waals surface area contributed by atoms with E-state index in [1.807, 2.05) is 26.0 Å². The minimum Gasteiger partial charge on any atom is -0.369 e. The Bertz CT molecular complexity index is 1390. The summed E-state index contributed by atoms with van der Waals surface area (Å²) in [6.45, 7) is 7.85. The molecule has 1 amide bonds. The van der Waals surface area contributed by atoms with E-state index < -0.39 is 9.73 Å². The molecule has 1 aliphatic rings. The van der Waals surface area contributed by atoms with Crippen molar-refractivity contribution in [1.82, 2.24) is 25.2 Å². The van der Waals surface area contributed by atoms with Crippen LogP contribution in [0.5, 0.6) is 0 Å². The number of hydrogen-bond donors (Lipinski definition) is 3. The van der Waals surface area contributed by atoms with Gasteiger partial charge in [-0.1, -0.05) is 6.07 Å². The van der Waals surface area contributed by atoms with E-state index in [0.29, 0.717) is 17.6 Å². The van der Waals surface area contributed by atoms with E-state index in [-0.39, 0.29) is 24.8 Å². The van der Waals surface area contributed by atoms with Gasteiger partial charge in [0, 0.05) is 73.5 Å². The van der Waals surface area contributed by atoms with Crippen molar-refractivity contribution in [3.05, 3.63) is 54.2 Å². The lowest BCUT2D eigenvalue weighted by molar-refractivity contribution is 0.0943. The molecule has 0 atom stereocenters. The van der Waals surface area contributed by atoms with E-state index in [9.17, 15) is 9.00 Å². The van der Waals surface area contributed by atoms with Gasteiger partial charge in [-0.2, -0.15) is 9.35 Å². The lowest BCUT2D eigenvalue weighted by Gasteiger charge is -2.34. The number of aromatic nitrogens is 3. The number of amides is 1. The molecule has 1 fully saturated rings. The van der Waals surface area contributed by atoms with Crippen LogP contribution in [0.4, 0.5) is 34.8 Å². The SMILES string of the molecule is CC(C)NC(=O)c1cnc(Nc2ccc(N3CCN(C)CC3)cc2)nc1Nc1cccc(N=S(C)(C)=O)n1.[HH]. The van der Waals surface area contributed by atoms with E-state index in [4.69, 9.17) is 0 Å². The minimum absolute atomic E-state index is 0. The first kappa shape index (κ1) is 27.3. The zero-order valence-electron chi connectivity index (χ0n) is 22.4. The maximum atomic E-state index is 12.9. The summed E-state index contributed by atoms with van der Waals surface area (Å²) in [5.41, 5.74) is 2.27. The fourth-order valence-electron chi connectivity index (χ4n) is 3.88. The van der Waals surface area contributed by atoms with Crippen molar-refractivity contribution < 1.29 is 10.4 Å². The van der Waals surface area contributed by atoms with Gasteiger partial charge in [-0.3, -0.25) is 4.79 Å². The molecule has 4 rings (SSSR count). The maximum absolute atomic E-state index is 12.9. The average Bonchev–Trinajstić information content (AvgIpc) is 2.84. The molecule has 3 N–H and O–H groups in total. The minimum atomic E-state index is -2.38. The smallest absolute Gasteiger partial charge is 0.256 e. The van der Waals surface area contributed by atoms with E-state index in [0.717, 1.165) is 31.9 Å². The number of rotatable bonds is 8. The van der Waals surface area contributed by atoms with Crippen LogP contribution in [0.15, 0.2) is 53.0 Å². The third-order valence-corrected chi connectivity index (χ3v) is 6.37. The fraction of sp³-hybridized carbons (Fsp3) is 0.385. The summed E-state index contributed by atoms with van der Waals surface area (Å²) in [7, 11) is -0.236. The van der Waals surface area contributed by atoms with Crippen LogP contribution in [0.1, 0.15) is 25.6 Å². The van der Waals surface area contributed by atoms with Crippen molar-refractivity contribution in [2.45, 2.75) is 19.9 Å². The highest BCUT2D eigenvalue weighted by molar-refractivity contribution is 7.92. The first-order valence-electron chi connectivity index (χ1n) is 12.5. The molecule has 0 saturated carbocycles. The van der Waals surface area contributed by atoms with Crippen molar-refractivity contribution >= 4 is 50.4 Å². The molecule has 0 unspecified atom stereocenters. The van der Waals surface area contributed by atoms with E-state index >= 15 is 0 Å². The van der Waals surface area contributed by atoms with Gasteiger partial charge < -0.3 is 25.8 Å². The molecular weight excluding hydrogens is 502 g/mol. The molecule has 11 nitrogen and oxygen atoms in total. The highest BCUT2D eigenvalue weighted by atomic mass is 32.2. The van der Waals surface area contributed by atoms with Gasteiger partial charge in [0.05, 0.1) is 0 Å². The molecule has 3 aromatic rings. The molecule has 204 valence electrons. The Morgan fingerprint density at radius 2 is 1.74 bits per heavy atom. The number of carbonyl (C=O) groups excluding carboxylic acids is 1. The average molecular weight is 540 g/mol. The Labute approximate surface area is 225 Å². The maximum Gasteiger partial charge on any atom is 0.256 e. The number of piperazine rings is 1. The van der Waals surface area contributed by atoms with Crippen LogP contribution in [0.25, 0.3) is 0 Å². The van der Waals surface area contributed by atoms with Crippen LogP contribution < -0.4 is 20.9 Å².